The zero-order chi connectivity index (χ0) is 10.3. The van der Waals surface area contributed by atoms with Crippen LogP contribution in [0, 0.1) is 0 Å². The average molecular weight is 220 g/mol. The molecule has 0 radical (unpaired) electrons. The molecule has 1 fully saturated rings. The molecule has 2 atom stereocenters. The van der Waals surface area contributed by atoms with E-state index in [-0.39, 0.29) is 6.10 Å². The van der Waals surface area contributed by atoms with E-state index in [1.54, 1.807) is 6.92 Å². The second-order valence-electron chi connectivity index (χ2n) is 2.56. The summed E-state index contributed by atoms with van der Waals surface area (Å²) in [6, 6.07) is 0. The molecule has 0 aromatic rings. The van der Waals surface area contributed by atoms with Crippen molar-refractivity contribution in [1.29, 1.82) is 0 Å². The lowest BCUT2D eigenvalue weighted by atomic mass is 10.4. The maximum absolute atomic E-state index is 11.6. The molecule has 0 aromatic heterocycles. The molecule has 1 heterocycles. The lowest BCUT2D eigenvalue weighted by Crippen LogP contribution is -2.27. The first kappa shape index (κ1) is 10.7. The maximum atomic E-state index is 11.6. The summed E-state index contributed by atoms with van der Waals surface area (Å²) < 4.78 is 63.9. The van der Waals surface area contributed by atoms with Gasteiger partial charge in [0.1, 0.15) is 6.10 Å². The largest absolute Gasteiger partial charge is 0.523 e. The Morgan fingerprint density at radius 3 is 2.23 bits per heavy atom. The number of ether oxygens (including phenoxy) is 1. The molecule has 0 amide bonds. The molecular weight excluding hydrogens is 213 g/mol. The molecule has 0 unspecified atom stereocenters. The van der Waals surface area contributed by atoms with Crippen molar-refractivity contribution in [2.45, 2.75) is 24.6 Å². The molecule has 0 saturated carbocycles. The van der Waals surface area contributed by atoms with Gasteiger partial charge < -0.3 is 4.74 Å². The summed E-state index contributed by atoms with van der Waals surface area (Å²) in [7, 11) is -5.46. The summed E-state index contributed by atoms with van der Waals surface area (Å²) in [5, 5.41) is 0. The van der Waals surface area contributed by atoms with E-state index in [0.29, 0.717) is 0 Å². The summed E-state index contributed by atoms with van der Waals surface area (Å²) in [4.78, 5) is 0. The van der Waals surface area contributed by atoms with Crippen molar-refractivity contribution in [3.05, 3.63) is 0 Å². The first-order chi connectivity index (χ1) is 5.74. The fourth-order valence-electron chi connectivity index (χ4n) is 0.629. The summed E-state index contributed by atoms with van der Waals surface area (Å²) in [5.74, 6) is 0. The number of halogens is 3. The second-order valence-corrected chi connectivity index (χ2v) is 4.17. The predicted octanol–water partition coefficient (Wildman–Crippen LogP) is 0.640. The van der Waals surface area contributed by atoms with Gasteiger partial charge in [-0.1, -0.05) is 0 Å². The van der Waals surface area contributed by atoms with E-state index in [1.807, 2.05) is 0 Å². The smallest absolute Gasteiger partial charge is 0.367 e. The van der Waals surface area contributed by atoms with Crippen LogP contribution in [0.2, 0.25) is 0 Å². The molecule has 8 heteroatoms. The molecule has 0 spiro atoms. The minimum atomic E-state index is -5.46. The van der Waals surface area contributed by atoms with Gasteiger partial charge in [-0.25, -0.2) is 0 Å². The Bertz CT molecular complexity index is 283. The Kier molecular flexibility index (Phi) is 2.56. The quantitative estimate of drug-likeness (QED) is 0.398. The minimum absolute atomic E-state index is 0.233. The van der Waals surface area contributed by atoms with Gasteiger partial charge in [0.15, 0.2) is 0 Å². The molecular formula is C5H7F3O4S. The van der Waals surface area contributed by atoms with E-state index in [4.69, 9.17) is 0 Å². The van der Waals surface area contributed by atoms with Gasteiger partial charge >= 0.3 is 15.6 Å². The summed E-state index contributed by atoms with van der Waals surface area (Å²) in [5.41, 5.74) is -5.36. The third-order valence-electron chi connectivity index (χ3n) is 1.51. The first-order valence-electron chi connectivity index (χ1n) is 3.35. The normalized spacial score (nSPS) is 28.9. The van der Waals surface area contributed by atoms with E-state index in [2.05, 4.69) is 8.92 Å². The average Bonchev–Trinajstić information content (AvgIpc) is 2.60. The Labute approximate surface area is 72.8 Å². The summed E-state index contributed by atoms with van der Waals surface area (Å²) in [6.45, 7) is 1.03. The molecule has 0 bridgehead atoms. The Balaban J connectivity index is 2.44. The van der Waals surface area contributed by atoms with Gasteiger partial charge in [-0.2, -0.15) is 21.6 Å². The highest BCUT2D eigenvalue weighted by molar-refractivity contribution is 7.87. The Hall–Kier alpha value is -0.340. The maximum Gasteiger partial charge on any atom is 0.523 e. The van der Waals surface area contributed by atoms with E-state index in [9.17, 15) is 21.6 Å². The van der Waals surface area contributed by atoms with Gasteiger partial charge in [0, 0.05) is 0 Å². The van der Waals surface area contributed by atoms with Crippen molar-refractivity contribution in [3.8, 4) is 0 Å². The minimum Gasteiger partial charge on any atom is -0.367 e. The van der Waals surface area contributed by atoms with Gasteiger partial charge in [-0.05, 0) is 6.92 Å². The number of rotatable bonds is 3. The molecule has 4 nitrogen and oxygen atoms in total. The van der Waals surface area contributed by atoms with Crippen LogP contribution in [0.25, 0.3) is 0 Å². The molecule has 1 aliphatic rings. The Morgan fingerprint density at radius 2 is 1.92 bits per heavy atom. The van der Waals surface area contributed by atoms with Crippen LogP contribution >= 0.6 is 0 Å². The molecule has 0 aliphatic carbocycles. The predicted molar refractivity (Wildman–Crippen MR) is 35.3 cm³/mol. The van der Waals surface area contributed by atoms with Crippen LogP contribution in [0.5, 0.6) is 0 Å². The number of alkyl halides is 3. The molecule has 1 rings (SSSR count). The summed E-state index contributed by atoms with van der Waals surface area (Å²) in [6.07, 6.45) is -0.777. The zero-order valence-electron chi connectivity index (χ0n) is 6.54. The van der Waals surface area contributed by atoms with Gasteiger partial charge in [0.2, 0.25) is 0 Å². The van der Waals surface area contributed by atoms with Crippen molar-refractivity contribution in [1.82, 2.24) is 0 Å². The molecule has 78 valence electrons. The molecule has 13 heavy (non-hydrogen) atoms. The SMILES string of the molecule is C[C@H]1O[C@@H]1COS(=O)(=O)C(F)(F)F. The third-order valence-corrected chi connectivity index (χ3v) is 2.52. The topological polar surface area (TPSA) is 55.9 Å². The van der Waals surface area contributed by atoms with Crippen LogP contribution in [0.1, 0.15) is 6.92 Å². The monoisotopic (exact) mass is 220 g/mol. The highest BCUT2D eigenvalue weighted by Crippen LogP contribution is 2.27. The second kappa shape index (κ2) is 3.10. The fraction of sp³-hybridized carbons (Fsp3) is 1.00. The standard InChI is InChI=1S/C5H7F3O4S/c1-3-4(12-3)2-11-13(9,10)5(6,7)8/h3-4H,2H2,1H3/t3-,4-/m1/s1. The number of hydrogen-bond acceptors (Lipinski definition) is 4. The van der Waals surface area contributed by atoms with Crippen LogP contribution in [0.3, 0.4) is 0 Å². The van der Waals surface area contributed by atoms with E-state index < -0.39 is 28.3 Å². The highest BCUT2D eigenvalue weighted by Gasteiger charge is 2.48. The molecule has 0 N–H and O–H groups in total. The van der Waals surface area contributed by atoms with Crippen LogP contribution in [-0.2, 0) is 19.0 Å². The number of hydrogen-bond donors (Lipinski definition) is 0. The van der Waals surface area contributed by atoms with Crippen molar-refractivity contribution in [2.24, 2.45) is 0 Å². The fourth-order valence-corrected chi connectivity index (χ4v) is 1.08. The van der Waals surface area contributed by atoms with Gasteiger partial charge in [-0.3, -0.25) is 4.18 Å². The first-order valence-corrected chi connectivity index (χ1v) is 4.76. The van der Waals surface area contributed by atoms with Crippen molar-refractivity contribution >= 4 is 10.1 Å². The molecule has 0 aromatic carbocycles. The third kappa shape index (κ3) is 2.55. The van der Waals surface area contributed by atoms with E-state index in [1.165, 1.54) is 0 Å². The van der Waals surface area contributed by atoms with Crippen LogP contribution in [0.15, 0.2) is 0 Å². The van der Waals surface area contributed by atoms with E-state index in [0.717, 1.165) is 0 Å². The van der Waals surface area contributed by atoms with Crippen molar-refractivity contribution < 1.29 is 30.5 Å². The lowest BCUT2D eigenvalue weighted by Gasteiger charge is -2.06. The summed E-state index contributed by atoms with van der Waals surface area (Å²) >= 11 is 0. The Morgan fingerprint density at radius 1 is 1.46 bits per heavy atom. The van der Waals surface area contributed by atoms with Crippen LogP contribution < -0.4 is 0 Å². The molecule has 1 saturated heterocycles. The highest BCUT2D eigenvalue weighted by atomic mass is 32.2. The zero-order valence-corrected chi connectivity index (χ0v) is 7.35. The van der Waals surface area contributed by atoms with Crippen molar-refractivity contribution in [3.63, 3.8) is 0 Å². The van der Waals surface area contributed by atoms with Gasteiger partial charge in [-0.15, -0.1) is 0 Å². The van der Waals surface area contributed by atoms with Gasteiger partial charge in [0.25, 0.3) is 0 Å². The molecule has 1 aliphatic heterocycles. The van der Waals surface area contributed by atoms with Crippen molar-refractivity contribution in [2.75, 3.05) is 6.61 Å². The van der Waals surface area contributed by atoms with E-state index >= 15 is 0 Å². The number of epoxide rings is 1. The lowest BCUT2D eigenvalue weighted by molar-refractivity contribution is -0.0544. The van der Waals surface area contributed by atoms with Gasteiger partial charge in [0.05, 0.1) is 12.7 Å². The van der Waals surface area contributed by atoms with Crippen LogP contribution in [0.4, 0.5) is 13.2 Å². The van der Waals surface area contributed by atoms with Crippen LogP contribution in [-0.4, -0.2) is 32.7 Å².